The number of ether oxygens (including phenoxy) is 2. The zero-order valence-corrected chi connectivity index (χ0v) is 15.2. The summed E-state index contributed by atoms with van der Waals surface area (Å²) in [5.74, 6) is -0.171. The minimum Gasteiger partial charge on any atom is -0.494 e. The molecule has 0 heterocycles. The van der Waals surface area contributed by atoms with Crippen LogP contribution >= 0.6 is 11.6 Å². The molecule has 1 amide bonds. The molecule has 2 aromatic carbocycles. The van der Waals surface area contributed by atoms with Crippen LogP contribution in [0.3, 0.4) is 0 Å². The first-order valence-corrected chi connectivity index (χ1v) is 8.42. The van der Waals surface area contributed by atoms with Gasteiger partial charge >= 0.3 is 0 Å². The fourth-order valence-electron chi connectivity index (χ4n) is 2.16. The molecule has 4 nitrogen and oxygen atoms in total. The second-order valence-electron chi connectivity index (χ2n) is 5.70. The van der Waals surface area contributed by atoms with E-state index >= 15 is 0 Å². The summed E-state index contributed by atoms with van der Waals surface area (Å²) >= 11 is 5.74. The third kappa shape index (κ3) is 5.44. The molecule has 1 N–H and O–H groups in total. The smallest absolute Gasteiger partial charge is 0.255 e. The zero-order valence-electron chi connectivity index (χ0n) is 14.4. The molecule has 0 fully saturated rings. The van der Waals surface area contributed by atoms with Crippen LogP contribution in [0.2, 0.25) is 5.02 Å². The van der Waals surface area contributed by atoms with Gasteiger partial charge in [0.15, 0.2) is 0 Å². The maximum absolute atomic E-state index is 13.2. The largest absolute Gasteiger partial charge is 0.494 e. The summed E-state index contributed by atoms with van der Waals surface area (Å²) in [5, 5.41) is 2.65. The summed E-state index contributed by atoms with van der Waals surface area (Å²) in [5.41, 5.74) is 1.66. The fraction of sp³-hybridized carbons (Fsp3) is 0.316. The number of benzene rings is 2. The van der Waals surface area contributed by atoms with Gasteiger partial charge in [0.1, 0.15) is 11.6 Å². The number of hydrogen-bond donors (Lipinski definition) is 1. The van der Waals surface area contributed by atoms with Gasteiger partial charge in [0.25, 0.3) is 5.91 Å². The third-order valence-electron chi connectivity index (χ3n) is 3.37. The molecule has 0 radical (unpaired) electrons. The van der Waals surface area contributed by atoms with Gasteiger partial charge < -0.3 is 14.8 Å². The Morgan fingerprint density at radius 3 is 2.64 bits per heavy atom. The molecule has 2 aromatic rings. The molecule has 134 valence electrons. The van der Waals surface area contributed by atoms with Gasteiger partial charge in [0.2, 0.25) is 0 Å². The van der Waals surface area contributed by atoms with Crippen LogP contribution in [0.4, 0.5) is 10.1 Å². The Balaban J connectivity index is 2.20. The predicted octanol–water partition coefficient (Wildman–Crippen LogP) is 5.06. The van der Waals surface area contributed by atoms with E-state index in [1.54, 1.807) is 18.2 Å². The molecule has 0 saturated heterocycles. The highest BCUT2D eigenvalue weighted by Crippen LogP contribution is 2.24. The van der Waals surface area contributed by atoms with Crippen molar-refractivity contribution >= 4 is 23.2 Å². The second kappa shape index (κ2) is 8.83. The van der Waals surface area contributed by atoms with Gasteiger partial charge in [-0.15, -0.1) is 0 Å². The van der Waals surface area contributed by atoms with Crippen LogP contribution < -0.4 is 10.1 Å². The standard InChI is InChI=1S/C19H21ClFNO3/c1-4-24-18-8-5-13(9-14(18)11-25-12(2)3)19(23)22-15-6-7-17(21)16(20)10-15/h5-10,12H,4,11H2,1-3H3,(H,22,23). The van der Waals surface area contributed by atoms with Crippen molar-refractivity contribution in [2.75, 3.05) is 11.9 Å². The van der Waals surface area contributed by atoms with E-state index in [0.29, 0.717) is 30.2 Å². The van der Waals surface area contributed by atoms with Gasteiger partial charge in [-0.05, 0) is 57.2 Å². The van der Waals surface area contributed by atoms with Crippen molar-refractivity contribution in [1.82, 2.24) is 0 Å². The van der Waals surface area contributed by atoms with E-state index in [9.17, 15) is 9.18 Å². The SMILES string of the molecule is CCOc1ccc(C(=O)Nc2ccc(F)c(Cl)c2)cc1COC(C)C. The van der Waals surface area contributed by atoms with E-state index in [2.05, 4.69) is 5.32 Å². The Morgan fingerprint density at radius 1 is 1.24 bits per heavy atom. The van der Waals surface area contributed by atoms with E-state index < -0.39 is 5.82 Å². The molecule has 0 aliphatic rings. The molecule has 0 spiro atoms. The lowest BCUT2D eigenvalue weighted by molar-refractivity contribution is 0.0641. The van der Waals surface area contributed by atoms with Crippen molar-refractivity contribution < 1.29 is 18.7 Å². The number of anilines is 1. The highest BCUT2D eigenvalue weighted by Gasteiger charge is 2.12. The minimum absolute atomic E-state index is 0.0458. The van der Waals surface area contributed by atoms with Crippen molar-refractivity contribution in [1.29, 1.82) is 0 Å². The molecule has 25 heavy (non-hydrogen) atoms. The van der Waals surface area contributed by atoms with Crippen molar-refractivity contribution in [3.05, 3.63) is 58.4 Å². The van der Waals surface area contributed by atoms with Crippen molar-refractivity contribution in [3.63, 3.8) is 0 Å². The maximum atomic E-state index is 13.2. The summed E-state index contributed by atoms with van der Waals surface area (Å²) in [4.78, 5) is 12.4. The number of amides is 1. The number of rotatable bonds is 7. The van der Waals surface area contributed by atoms with Crippen molar-refractivity contribution in [2.45, 2.75) is 33.5 Å². The lowest BCUT2D eigenvalue weighted by atomic mass is 10.1. The molecule has 0 aromatic heterocycles. The maximum Gasteiger partial charge on any atom is 0.255 e. The van der Waals surface area contributed by atoms with E-state index in [0.717, 1.165) is 5.56 Å². The lowest BCUT2D eigenvalue weighted by Gasteiger charge is -2.14. The van der Waals surface area contributed by atoms with Gasteiger partial charge in [-0.3, -0.25) is 4.79 Å². The van der Waals surface area contributed by atoms with E-state index in [4.69, 9.17) is 21.1 Å². The number of nitrogens with one attached hydrogen (secondary N) is 1. The lowest BCUT2D eigenvalue weighted by Crippen LogP contribution is -2.13. The Labute approximate surface area is 151 Å². The number of halogens is 2. The molecular formula is C19H21ClFNO3. The van der Waals surface area contributed by atoms with E-state index in [1.807, 2.05) is 20.8 Å². The molecular weight excluding hydrogens is 345 g/mol. The van der Waals surface area contributed by atoms with Gasteiger partial charge in [-0.2, -0.15) is 0 Å². The topological polar surface area (TPSA) is 47.6 Å². The van der Waals surface area contributed by atoms with Crippen LogP contribution in [0.5, 0.6) is 5.75 Å². The van der Waals surface area contributed by atoms with E-state index in [1.165, 1.54) is 18.2 Å². The van der Waals surface area contributed by atoms with Gasteiger partial charge in [-0.1, -0.05) is 11.6 Å². The molecule has 0 unspecified atom stereocenters. The predicted molar refractivity (Wildman–Crippen MR) is 96.9 cm³/mol. The van der Waals surface area contributed by atoms with Crippen LogP contribution in [0.15, 0.2) is 36.4 Å². The average Bonchev–Trinajstić information content (AvgIpc) is 2.57. The molecule has 6 heteroatoms. The van der Waals surface area contributed by atoms with Crippen LogP contribution in [-0.4, -0.2) is 18.6 Å². The number of hydrogen-bond acceptors (Lipinski definition) is 3. The molecule has 0 bridgehead atoms. The Kier molecular flexibility index (Phi) is 6.79. The first-order chi connectivity index (χ1) is 11.9. The second-order valence-corrected chi connectivity index (χ2v) is 6.11. The summed E-state index contributed by atoms with van der Waals surface area (Å²) in [7, 11) is 0. The quantitative estimate of drug-likeness (QED) is 0.746. The molecule has 0 saturated carbocycles. The molecule has 0 aliphatic carbocycles. The zero-order chi connectivity index (χ0) is 18.4. The Morgan fingerprint density at radius 2 is 2.00 bits per heavy atom. The van der Waals surface area contributed by atoms with E-state index in [-0.39, 0.29) is 17.0 Å². The summed E-state index contributed by atoms with van der Waals surface area (Å²) < 4.78 is 24.4. The summed E-state index contributed by atoms with van der Waals surface area (Å²) in [6.07, 6.45) is 0.0633. The number of carbonyl (C=O) groups is 1. The van der Waals surface area contributed by atoms with Gasteiger partial charge in [-0.25, -0.2) is 4.39 Å². The molecule has 2 rings (SSSR count). The van der Waals surface area contributed by atoms with Crippen LogP contribution in [0.25, 0.3) is 0 Å². The third-order valence-corrected chi connectivity index (χ3v) is 3.66. The van der Waals surface area contributed by atoms with Crippen molar-refractivity contribution in [3.8, 4) is 5.75 Å². The first kappa shape index (κ1) is 19.2. The highest BCUT2D eigenvalue weighted by atomic mass is 35.5. The molecule has 0 atom stereocenters. The minimum atomic E-state index is -0.533. The summed E-state index contributed by atoms with van der Waals surface area (Å²) in [6, 6.07) is 9.17. The van der Waals surface area contributed by atoms with Gasteiger partial charge in [0.05, 0.1) is 24.3 Å². The average molecular weight is 366 g/mol. The van der Waals surface area contributed by atoms with Crippen molar-refractivity contribution in [2.24, 2.45) is 0 Å². The number of carbonyl (C=O) groups excluding carboxylic acids is 1. The Hall–Kier alpha value is -2.11. The van der Waals surface area contributed by atoms with Crippen LogP contribution in [-0.2, 0) is 11.3 Å². The monoisotopic (exact) mass is 365 g/mol. The normalized spacial score (nSPS) is 10.8. The first-order valence-electron chi connectivity index (χ1n) is 8.04. The highest BCUT2D eigenvalue weighted by molar-refractivity contribution is 6.31. The molecule has 0 aliphatic heterocycles. The summed E-state index contributed by atoms with van der Waals surface area (Å²) in [6.45, 7) is 6.64. The Bertz CT molecular complexity index is 749. The van der Waals surface area contributed by atoms with Crippen LogP contribution in [0.1, 0.15) is 36.7 Å². The fourth-order valence-corrected chi connectivity index (χ4v) is 2.34. The van der Waals surface area contributed by atoms with Crippen LogP contribution in [0, 0.1) is 5.82 Å². The van der Waals surface area contributed by atoms with Gasteiger partial charge in [0, 0.05) is 16.8 Å².